The molecule has 0 bridgehead atoms. The fraction of sp³-hybridized carbons (Fsp3) is 0.455. The number of ether oxygens (including phenoxy) is 1. The highest BCUT2D eigenvalue weighted by atomic mass is 79.9. The van der Waals surface area contributed by atoms with Crippen LogP contribution in [-0.2, 0) is 6.42 Å². The van der Waals surface area contributed by atoms with Crippen molar-refractivity contribution in [2.75, 3.05) is 13.7 Å². The molecule has 15 heavy (non-hydrogen) atoms. The number of rotatable bonds is 4. The van der Waals surface area contributed by atoms with Crippen LogP contribution in [0.4, 0.5) is 4.39 Å². The van der Waals surface area contributed by atoms with Crippen LogP contribution in [0.1, 0.15) is 17.5 Å². The molecule has 84 valence electrons. The molecule has 0 aliphatic carbocycles. The van der Waals surface area contributed by atoms with Crippen molar-refractivity contribution < 1.29 is 9.13 Å². The van der Waals surface area contributed by atoms with Gasteiger partial charge in [-0.1, -0.05) is 0 Å². The highest BCUT2D eigenvalue weighted by Crippen LogP contribution is 2.31. The van der Waals surface area contributed by atoms with Gasteiger partial charge in [-0.15, -0.1) is 0 Å². The molecular weight excluding hydrogens is 261 g/mol. The number of nitrogens with two attached hydrogens (primary N) is 1. The van der Waals surface area contributed by atoms with Crippen LogP contribution in [0, 0.1) is 12.7 Å². The van der Waals surface area contributed by atoms with Crippen LogP contribution in [0.5, 0.6) is 5.75 Å². The molecule has 0 aliphatic heterocycles. The van der Waals surface area contributed by atoms with Crippen LogP contribution in [0.3, 0.4) is 0 Å². The Morgan fingerprint density at radius 2 is 2.20 bits per heavy atom. The molecule has 0 saturated heterocycles. The molecule has 2 nitrogen and oxygen atoms in total. The fourth-order valence-electron chi connectivity index (χ4n) is 1.56. The quantitative estimate of drug-likeness (QED) is 0.917. The average Bonchev–Trinajstić information content (AvgIpc) is 2.23. The minimum absolute atomic E-state index is 0.261. The van der Waals surface area contributed by atoms with Crippen LogP contribution in [0.2, 0.25) is 0 Å². The second-order valence-electron chi connectivity index (χ2n) is 3.38. The first-order valence-corrected chi connectivity index (χ1v) is 5.62. The molecule has 0 spiro atoms. The van der Waals surface area contributed by atoms with Gasteiger partial charge in [0.15, 0.2) is 0 Å². The fourth-order valence-corrected chi connectivity index (χ4v) is 2.14. The van der Waals surface area contributed by atoms with Gasteiger partial charge in [-0.3, -0.25) is 0 Å². The molecule has 1 rings (SSSR count). The smallest absolute Gasteiger partial charge is 0.143 e. The zero-order chi connectivity index (χ0) is 11.4. The van der Waals surface area contributed by atoms with E-state index in [9.17, 15) is 4.39 Å². The largest absolute Gasteiger partial charge is 0.496 e. The molecule has 0 saturated carbocycles. The average molecular weight is 276 g/mol. The van der Waals surface area contributed by atoms with E-state index in [0.29, 0.717) is 22.3 Å². The number of hydrogen-bond donors (Lipinski definition) is 1. The van der Waals surface area contributed by atoms with Crippen molar-refractivity contribution in [3.8, 4) is 5.75 Å². The molecule has 1 aromatic rings. The highest BCUT2D eigenvalue weighted by molar-refractivity contribution is 9.10. The molecule has 0 unspecified atom stereocenters. The number of halogens is 2. The molecule has 0 aromatic heterocycles. The lowest BCUT2D eigenvalue weighted by molar-refractivity contribution is 0.401. The minimum atomic E-state index is -0.261. The van der Waals surface area contributed by atoms with Gasteiger partial charge in [0.1, 0.15) is 11.6 Å². The first-order chi connectivity index (χ1) is 7.11. The van der Waals surface area contributed by atoms with Crippen LogP contribution >= 0.6 is 15.9 Å². The Bertz CT molecular complexity index is 355. The molecule has 0 heterocycles. The number of methoxy groups -OCH3 is 1. The maximum atomic E-state index is 13.5. The minimum Gasteiger partial charge on any atom is -0.496 e. The lowest BCUT2D eigenvalue weighted by Crippen LogP contribution is -2.03. The summed E-state index contributed by atoms with van der Waals surface area (Å²) in [6.07, 6.45) is 1.67. The second-order valence-corrected chi connectivity index (χ2v) is 4.24. The van der Waals surface area contributed by atoms with E-state index in [4.69, 9.17) is 10.5 Å². The van der Waals surface area contributed by atoms with Gasteiger partial charge in [0, 0.05) is 5.56 Å². The number of benzene rings is 1. The standard InChI is InChI=1S/C11H15BrFNO/c1-7-10(13)9(12)6-8(4-3-5-14)11(7)15-2/h6H,3-5,14H2,1-2H3. The third-order valence-electron chi connectivity index (χ3n) is 2.33. The summed E-state index contributed by atoms with van der Waals surface area (Å²) in [7, 11) is 1.56. The van der Waals surface area contributed by atoms with E-state index in [-0.39, 0.29) is 5.82 Å². The first-order valence-electron chi connectivity index (χ1n) is 4.83. The number of aryl methyl sites for hydroxylation is 1. The summed E-state index contributed by atoms with van der Waals surface area (Å²) >= 11 is 3.19. The van der Waals surface area contributed by atoms with Crippen molar-refractivity contribution in [2.24, 2.45) is 5.73 Å². The number of hydrogen-bond acceptors (Lipinski definition) is 2. The molecule has 0 radical (unpaired) electrons. The molecule has 4 heteroatoms. The molecule has 1 aromatic carbocycles. The predicted molar refractivity (Wildman–Crippen MR) is 62.8 cm³/mol. The summed E-state index contributed by atoms with van der Waals surface area (Å²) in [5.41, 5.74) is 6.98. The van der Waals surface area contributed by atoms with E-state index in [0.717, 1.165) is 18.4 Å². The molecule has 0 atom stereocenters. The van der Waals surface area contributed by atoms with Gasteiger partial charge in [0.25, 0.3) is 0 Å². The van der Waals surface area contributed by atoms with E-state index in [1.807, 2.05) is 0 Å². The predicted octanol–water partition coefficient (Wildman–Crippen LogP) is 2.80. The monoisotopic (exact) mass is 275 g/mol. The van der Waals surface area contributed by atoms with Crippen LogP contribution in [0.15, 0.2) is 10.5 Å². The summed E-state index contributed by atoms with van der Waals surface area (Å²) < 4.78 is 19.2. The molecule has 0 aliphatic rings. The maximum Gasteiger partial charge on any atom is 0.143 e. The Morgan fingerprint density at radius 1 is 1.53 bits per heavy atom. The summed E-state index contributed by atoms with van der Waals surface area (Å²) in [5, 5.41) is 0. The van der Waals surface area contributed by atoms with Gasteiger partial charge >= 0.3 is 0 Å². The second kappa shape index (κ2) is 5.47. The van der Waals surface area contributed by atoms with Gasteiger partial charge < -0.3 is 10.5 Å². The van der Waals surface area contributed by atoms with E-state index in [2.05, 4.69) is 15.9 Å². The van der Waals surface area contributed by atoms with Crippen molar-refractivity contribution in [3.05, 3.63) is 27.5 Å². The van der Waals surface area contributed by atoms with Crippen molar-refractivity contribution in [1.29, 1.82) is 0 Å². The lowest BCUT2D eigenvalue weighted by Gasteiger charge is -2.13. The van der Waals surface area contributed by atoms with Crippen molar-refractivity contribution in [3.63, 3.8) is 0 Å². The van der Waals surface area contributed by atoms with Gasteiger partial charge in [-0.2, -0.15) is 0 Å². The van der Waals surface area contributed by atoms with Crippen molar-refractivity contribution in [1.82, 2.24) is 0 Å². The van der Waals surface area contributed by atoms with Gasteiger partial charge in [-0.25, -0.2) is 4.39 Å². The summed E-state index contributed by atoms with van der Waals surface area (Å²) in [6, 6.07) is 1.76. The highest BCUT2D eigenvalue weighted by Gasteiger charge is 2.13. The maximum absolute atomic E-state index is 13.5. The molecule has 0 fully saturated rings. The Labute approximate surface area is 97.7 Å². The van der Waals surface area contributed by atoms with Gasteiger partial charge in [0.2, 0.25) is 0 Å². The van der Waals surface area contributed by atoms with E-state index in [1.165, 1.54) is 0 Å². The van der Waals surface area contributed by atoms with E-state index < -0.39 is 0 Å². The molecule has 0 amide bonds. The van der Waals surface area contributed by atoms with E-state index in [1.54, 1.807) is 20.1 Å². The SMILES string of the molecule is COc1c(CCCN)cc(Br)c(F)c1C. The lowest BCUT2D eigenvalue weighted by atomic mass is 10.0. The third kappa shape index (κ3) is 2.69. The van der Waals surface area contributed by atoms with Crippen LogP contribution in [-0.4, -0.2) is 13.7 Å². The van der Waals surface area contributed by atoms with Crippen LogP contribution < -0.4 is 10.5 Å². The van der Waals surface area contributed by atoms with Crippen LogP contribution in [0.25, 0.3) is 0 Å². The van der Waals surface area contributed by atoms with Gasteiger partial charge in [0.05, 0.1) is 11.6 Å². The molecule has 2 N–H and O–H groups in total. The van der Waals surface area contributed by atoms with Crippen molar-refractivity contribution >= 4 is 15.9 Å². The Kier molecular flexibility index (Phi) is 4.54. The third-order valence-corrected chi connectivity index (χ3v) is 2.90. The Balaban J connectivity index is 3.13. The normalized spacial score (nSPS) is 10.5. The zero-order valence-corrected chi connectivity index (χ0v) is 10.5. The zero-order valence-electron chi connectivity index (χ0n) is 8.94. The summed E-state index contributed by atoms with van der Waals surface area (Å²) in [4.78, 5) is 0. The Hall–Kier alpha value is -0.610. The van der Waals surface area contributed by atoms with Crippen molar-refractivity contribution in [2.45, 2.75) is 19.8 Å². The topological polar surface area (TPSA) is 35.2 Å². The van der Waals surface area contributed by atoms with Gasteiger partial charge in [-0.05, 0) is 53.9 Å². The summed E-state index contributed by atoms with van der Waals surface area (Å²) in [6.45, 7) is 2.34. The molecular formula is C11H15BrFNO. The first kappa shape index (κ1) is 12.5. The van der Waals surface area contributed by atoms with E-state index >= 15 is 0 Å². The summed E-state index contributed by atoms with van der Waals surface area (Å²) in [5.74, 6) is 0.368. The Morgan fingerprint density at radius 3 is 2.73 bits per heavy atom.